The van der Waals surface area contributed by atoms with Crippen molar-refractivity contribution in [2.45, 2.75) is 72.9 Å². The van der Waals surface area contributed by atoms with E-state index < -0.39 is 23.5 Å². The quantitative estimate of drug-likeness (QED) is 0.142. The number of imidazole rings is 1. The maximum absolute atomic E-state index is 12.3. The number of benzene rings is 7. The Hall–Kier alpha value is -6.60. The van der Waals surface area contributed by atoms with E-state index in [0.717, 1.165) is 84.4 Å². The third-order valence-corrected chi connectivity index (χ3v) is 11.8. The summed E-state index contributed by atoms with van der Waals surface area (Å²) in [5, 5.41) is 2.10. The molecular weight excluding hydrogens is 1030 g/mol. The van der Waals surface area contributed by atoms with Crippen molar-refractivity contribution in [2.24, 2.45) is 5.41 Å². The SMILES string of the molecule is FC(F)(F)c1c[c-]c(-c2ccccn2)cc1.[2H]C([2H])(c1ccc(-c2cc(C(C)C)c(-n3c(-c4[c-]ccc5c4oc4cc(-c6ccccc6)ccc45)nc4ccccc43)c(C(C)C)c2)cc1)C(C)(C)C.[Ir]. The van der Waals surface area contributed by atoms with Gasteiger partial charge in [0.25, 0.3) is 0 Å². The zero-order valence-corrected chi connectivity index (χ0v) is 41.4. The van der Waals surface area contributed by atoms with Crippen LogP contribution < -0.4 is 0 Å². The van der Waals surface area contributed by atoms with Crippen molar-refractivity contribution in [1.82, 2.24) is 14.5 Å². The molecule has 0 amide bonds. The molecular formula is C60H52F3IrN3O-2. The van der Waals surface area contributed by atoms with Crippen molar-refractivity contribution < 1.29 is 40.4 Å². The number of halogens is 3. The van der Waals surface area contributed by atoms with Crippen LogP contribution in [0, 0.1) is 17.5 Å². The molecule has 10 rings (SSSR count). The molecule has 345 valence electrons. The van der Waals surface area contributed by atoms with Crippen molar-refractivity contribution in [3.05, 3.63) is 198 Å². The van der Waals surface area contributed by atoms with Crippen LogP contribution in [0.15, 0.2) is 168 Å². The average molecular weight is 1080 g/mol. The number of aromatic nitrogens is 3. The molecule has 10 aromatic rings. The fourth-order valence-electron chi connectivity index (χ4n) is 8.58. The number of furan rings is 1. The summed E-state index contributed by atoms with van der Waals surface area (Å²) < 4.78 is 63.6. The van der Waals surface area contributed by atoms with Gasteiger partial charge >= 0.3 is 6.18 Å². The van der Waals surface area contributed by atoms with Crippen LogP contribution in [-0.4, -0.2) is 14.5 Å². The third kappa shape index (κ3) is 9.99. The molecule has 0 aliphatic carbocycles. The summed E-state index contributed by atoms with van der Waals surface area (Å²) in [7, 11) is 0. The largest absolute Gasteiger partial charge is 0.501 e. The first-order valence-corrected chi connectivity index (χ1v) is 22.6. The van der Waals surface area contributed by atoms with E-state index in [1.54, 1.807) is 24.4 Å². The average Bonchev–Trinajstić information content (AvgIpc) is 3.92. The third-order valence-electron chi connectivity index (χ3n) is 11.8. The van der Waals surface area contributed by atoms with Gasteiger partial charge in [0.2, 0.25) is 0 Å². The van der Waals surface area contributed by atoms with Crippen molar-refractivity contribution in [2.75, 3.05) is 0 Å². The van der Waals surface area contributed by atoms with Crippen molar-refractivity contribution in [3.63, 3.8) is 0 Å². The molecule has 68 heavy (non-hydrogen) atoms. The van der Waals surface area contributed by atoms with Gasteiger partial charge in [-0.15, -0.1) is 48.0 Å². The van der Waals surface area contributed by atoms with Crippen LogP contribution in [0.5, 0.6) is 0 Å². The number of hydrogen-bond donors (Lipinski definition) is 0. The van der Waals surface area contributed by atoms with Gasteiger partial charge in [-0.05, 0) is 110 Å². The number of pyridine rings is 1. The second-order valence-corrected chi connectivity index (χ2v) is 18.5. The van der Waals surface area contributed by atoms with E-state index in [9.17, 15) is 13.2 Å². The van der Waals surface area contributed by atoms with E-state index in [2.05, 4.69) is 140 Å². The van der Waals surface area contributed by atoms with E-state index in [1.165, 1.54) is 17.2 Å². The molecule has 0 fully saturated rings. The summed E-state index contributed by atoms with van der Waals surface area (Å²) in [4.78, 5) is 9.34. The molecule has 8 heteroatoms. The molecule has 0 saturated carbocycles. The van der Waals surface area contributed by atoms with Crippen molar-refractivity contribution in [3.8, 4) is 50.6 Å². The molecule has 0 aliphatic rings. The second kappa shape index (κ2) is 19.6. The molecule has 0 unspecified atom stereocenters. The summed E-state index contributed by atoms with van der Waals surface area (Å²) in [6.45, 7) is 14.9. The van der Waals surface area contributed by atoms with E-state index in [1.807, 2.05) is 51.1 Å². The summed E-state index contributed by atoms with van der Waals surface area (Å²) in [6.07, 6.45) is -4.19. The Morgan fingerprint density at radius 2 is 1.34 bits per heavy atom. The molecule has 0 N–H and O–H groups in total. The van der Waals surface area contributed by atoms with Crippen LogP contribution in [-0.2, 0) is 32.7 Å². The molecule has 7 aromatic carbocycles. The number of para-hydroxylation sites is 2. The first-order valence-electron chi connectivity index (χ1n) is 23.6. The summed E-state index contributed by atoms with van der Waals surface area (Å²) in [5.41, 5.74) is 13.0. The van der Waals surface area contributed by atoms with Gasteiger partial charge in [-0.2, -0.15) is 13.2 Å². The number of alkyl halides is 3. The molecule has 0 atom stereocenters. The van der Waals surface area contributed by atoms with Gasteiger partial charge in [0, 0.05) is 40.1 Å². The molecule has 3 aromatic heterocycles. The van der Waals surface area contributed by atoms with E-state index in [-0.39, 0.29) is 31.9 Å². The van der Waals surface area contributed by atoms with E-state index >= 15 is 0 Å². The molecule has 4 nitrogen and oxygen atoms in total. The van der Waals surface area contributed by atoms with Gasteiger partial charge in [0.15, 0.2) is 0 Å². The standard InChI is InChI=1S/C48H45N2O.C12H7F3N.Ir/c1-30(2)40-26-36(34-22-20-32(21-23-34)29-48(5,6)7)27-41(31(3)4)45(40)50-43-19-12-11-18-42(43)49-47(50)39-17-13-16-38-37-25-24-35(28-44(37)51-46(38)39)33-14-9-8-10-15-33;13-12(14,15)10-6-4-9(5-7-10)11-3-1-2-8-16-11;/h8-16,18-28,30-31H,29H2,1-7H3;1-4,6-8H;/q2*-1;/i29D2;;. The minimum Gasteiger partial charge on any atom is -0.501 e. The Balaban J connectivity index is 0.000000329. The topological polar surface area (TPSA) is 43.9 Å². The summed E-state index contributed by atoms with van der Waals surface area (Å²) in [6, 6.07) is 56.7. The minimum absolute atomic E-state index is 0. The maximum atomic E-state index is 12.3. The van der Waals surface area contributed by atoms with Crippen LogP contribution in [0.2, 0.25) is 0 Å². The minimum atomic E-state index is -4.32. The van der Waals surface area contributed by atoms with Gasteiger partial charge in [-0.1, -0.05) is 150 Å². The van der Waals surface area contributed by atoms with Crippen LogP contribution >= 0.6 is 0 Å². The van der Waals surface area contributed by atoms with Crippen molar-refractivity contribution >= 4 is 33.0 Å². The van der Waals surface area contributed by atoms with E-state index in [0.29, 0.717) is 16.8 Å². The van der Waals surface area contributed by atoms with Gasteiger partial charge in [0.05, 0.1) is 22.4 Å². The molecule has 3 heterocycles. The van der Waals surface area contributed by atoms with Crippen molar-refractivity contribution in [1.29, 1.82) is 0 Å². The Morgan fingerprint density at radius 1 is 0.676 bits per heavy atom. The second-order valence-electron chi connectivity index (χ2n) is 18.5. The fraction of sp³-hybridized carbons (Fsp3) is 0.200. The maximum Gasteiger partial charge on any atom is 0.381 e. The fourth-order valence-corrected chi connectivity index (χ4v) is 8.58. The van der Waals surface area contributed by atoms with Gasteiger partial charge in [0.1, 0.15) is 5.58 Å². The number of hydrogen-bond acceptors (Lipinski definition) is 3. The van der Waals surface area contributed by atoms with E-state index in [4.69, 9.17) is 12.1 Å². The zero-order chi connectivity index (χ0) is 48.8. The van der Waals surface area contributed by atoms with Gasteiger partial charge in [-0.3, -0.25) is 4.98 Å². The zero-order valence-electron chi connectivity index (χ0n) is 41.0. The Bertz CT molecular complexity index is 3400. The summed E-state index contributed by atoms with van der Waals surface area (Å²) in [5.74, 6) is 1.20. The number of rotatable bonds is 8. The molecule has 0 spiro atoms. The van der Waals surface area contributed by atoms with Crippen LogP contribution in [0.25, 0.3) is 83.6 Å². The predicted octanol–water partition coefficient (Wildman–Crippen LogP) is 17.1. The first kappa shape index (κ1) is 45.2. The molecule has 0 aliphatic heterocycles. The normalized spacial score (nSPS) is 12.5. The van der Waals surface area contributed by atoms with Gasteiger partial charge in [-0.25, -0.2) is 0 Å². The first-order chi connectivity index (χ1) is 32.9. The smallest absolute Gasteiger partial charge is 0.381 e. The number of nitrogens with zero attached hydrogens (tertiary/aromatic N) is 3. The number of fused-ring (bicyclic) bond motifs is 4. The molecule has 0 bridgehead atoms. The predicted molar refractivity (Wildman–Crippen MR) is 268 cm³/mol. The monoisotopic (exact) mass is 1080 g/mol. The Morgan fingerprint density at radius 3 is 1.97 bits per heavy atom. The van der Waals surface area contributed by atoms with Crippen LogP contribution in [0.4, 0.5) is 13.2 Å². The van der Waals surface area contributed by atoms with Gasteiger partial charge < -0.3 is 14.0 Å². The molecule has 0 saturated heterocycles. The van der Waals surface area contributed by atoms with Crippen LogP contribution in [0.3, 0.4) is 0 Å². The molecule has 1 radical (unpaired) electrons. The summed E-state index contributed by atoms with van der Waals surface area (Å²) >= 11 is 0. The van der Waals surface area contributed by atoms with Crippen LogP contribution in [0.1, 0.15) is 85.3 Å². The Labute approximate surface area is 413 Å². The Kier molecular flexibility index (Phi) is 13.0.